The predicted octanol–water partition coefficient (Wildman–Crippen LogP) is 5.16. The smallest absolute Gasteiger partial charge is 0.269 e. The van der Waals surface area contributed by atoms with Gasteiger partial charge < -0.3 is 9.47 Å². The van der Waals surface area contributed by atoms with Crippen molar-refractivity contribution < 1.29 is 14.4 Å². The Balaban J connectivity index is 1.93. The molecule has 0 aliphatic heterocycles. The first kappa shape index (κ1) is 19.4. The maximum atomic E-state index is 10.8. The van der Waals surface area contributed by atoms with Gasteiger partial charge >= 0.3 is 0 Å². The van der Waals surface area contributed by atoms with E-state index in [0.717, 1.165) is 33.2 Å². The van der Waals surface area contributed by atoms with Gasteiger partial charge in [0.2, 0.25) is 0 Å². The van der Waals surface area contributed by atoms with Crippen LogP contribution in [0.5, 0.6) is 11.5 Å². The van der Waals surface area contributed by atoms with Gasteiger partial charge in [0.1, 0.15) is 11.5 Å². The van der Waals surface area contributed by atoms with Crippen molar-refractivity contribution in [2.45, 2.75) is 4.90 Å². The lowest BCUT2D eigenvalue weighted by Crippen LogP contribution is -2.02. The lowest BCUT2D eigenvalue weighted by Gasteiger charge is -2.09. The fourth-order valence-corrected chi connectivity index (χ4v) is 3.16. The molecule has 7 heteroatoms. The molecule has 0 amide bonds. The minimum atomic E-state index is -0.419. The van der Waals surface area contributed by atoms with Crippen LogP contribution in [0.15, 0.2) is 82.1 Å². The maximum Gasteiger partial charge on any atom is 0.269 e. The Morgan fingerprint density at radius 2 is 1.29 bits per heavy atom. The molecule has 0 aliphatic carbocycles. The Morgan fingerprint density at radius 3 is 1.68 bits per heavy atom. The number of hydrogen-bond acceptors (Lipinski definition) is 6. The van der Waals surface area contributed by atoms with Crippen LogP contribution in [0.25, 0.3) is 0 Å². The summed E-state index contributed by atoms with van der Waals surface area (Å²) in [5.74, 6) is 1.53. The highest BCUT2D eigenvalue weighted by atomic mass is 32.2. The number of nitro benzene ring substituents is 1. The number of hydrogen-bond donors (Lipinski definition) is 0. The van der Waals surface area contributed by atoms with E-state index in [1.165, 1.54) is 24.1 Å². The number of non-ortho nitro benzene ring substituents is 1. The van der Waals surface area contributed by atoms with Gasteiger partial charge in [-0.3, -0.25) is 10.1 Å². The molecule has 0 spiro atoms. The Labute approximate surface area is 167 Å². The Hall–Kier alpha value is -3.32. The predicted molar refractivity (Wildman–Crippen MR) is 111 cm³/mol. The molecular formula is C21H18N2O4S. The summed E-state index contributed by atoms with van der Waals surface area (Å²) in [4.78, 5) is 11.2. The highest BCUT2D eigenvalue weighted by molar-refractivity contribution is 7.98. The maximum absolute atomic E-state index is 10.8. The average molecular weight is 394 g/mol. The van der Waals surface area contributed by atoms with E-state index in [4.69, 9.17) is 13.9 Å². The molecule has 3 aromatic carbocycles. The van der Waals surface area contributed by atoms with Crippen LogP contribution < -0.4 is 9.47 Å². The minimum Gasteiger partial charge on any atom is -0.497 e. The summed E-state index contributed by atoms with van der Waals surface area (Å²) >= 11 is 1.26. The number of nitrogens with zero attached hydrogens (tertiary/aromatic N) is 2. The van der Waals surface area contributed by atoms with Crippen molar-refractivity contribution in [3.8, 4) is 11.5 Å². The molecule has 0 aromatic heterocycles. The van der Waals surface area contributed by atoms with E-state index in [2.05, 4.69) is 0 Å². The molecule has 6 nitrogen and oxygen atoms in total. The van der Waals surface area contributed by atoms with Gasteiger partial charge in [-0.25, -0.2) is 4.40 Å². The van der Waals surface area contributed by atoms with Gasteiger partial charge in [-0.05, 0) is 60.7 Å². The second-order valence-corrected chi connectivity index (χ2v) is 6.58. The quantitative estimate of drug-likeness (QED) is 0.240. The largest absolute Gasteiger partial charge is 0.497 e. The SMILES string of the molecule is COc1ccc(C(=NSc2ccc([N+](=O)[O-])cc2)c2ccc(OC)cc2)cc1. The third-order valence-corrected chi connectivity index (χ3v) is 4.77. The zero-order valence-electron chi connectivity index (χ0n) is 15.4. The summed E-state index contributed by atoms with van der Waals surface area (Å²) in [6, 6.07) is 21.6. The van der Waals surface area contributed by atoms with Crippen LogP contribution in [-0.2, 0) is 0 Å². The van der Waals surface area contributed by atoms with Gasteiger partial charge in [0, 0.05) is 40.1 Å². The van der Waals surface area contributed by atoms with Crippen molar-refractivity contribution >= 4 is 23.3 Å². The summed E-state index contributed by atoms with van der Waals surface area (Å²) in [5, 5.41) is 10.8. The zero-order chi connectivity index (χ0) is 19.9. The molecule has 0 N–H and O–H groups in total. The molecule has 142 valence electrons. The van der Waals surface area contributed by atoms with Crippen molar-refractivity contribution in [3.63, 3.8) is 0 Å². The molecular weight excluding hydrogens is 376 g/mol. The summed E-state index contributed by atoms with van der Waals surface area (Å²) < 4.78 is 15.2. The molecule has 3 rings (SSSR count). The number of nitro groups is 1. The van der Waals surface area contributed by atoms with E-state index in [0.29, 0.717) is 0 Å². The summed E-state index contributed by atoms with van der Waals surface area (Å²) in [6.45, 7) is 0. The molecule has 0 fully saturated rings. The molecule has 0 bridgehead atoms. The van der Waals surface area contributed by atoms with Crippen LogP contribution in [0.4, 0.5) is 5.69 Å². The topological polar surface area (TPSA) is 74.0 Å². The highest BCUT2D eigenvalue weighted by Gasteiger charge is 2.10. The molecule has 0 radical (unpaired) electrons. The van der Waals surface area contributed by atoms with Crippen LogP contribution >= 0.6 is 11.9 Å². The van der Waals surface area contributed by atoms with Gasteiger partial charge in [0.05, 0.1) is 24.9 Å². The van der Waals surface area contributed by atoms with E-state index in [1.807, 2.05) is 48.5 Å². The van der Waals surface area contributed by atoms with Gasteiger partial charge in [0.15, 0.2) is 0 Å². The number of rotatable bonds is 7. The van der Waals surface area contributed by atoms with Crippen LogP contribution in [0.1, 0.15) is 11.1 Å². The molecule has 0 aliphatic rings. The standard InChI is InChI=1S/C21H18N2O4S/c1-26-18-9-3-15(4-10-18)21(16-5-11-19(27-2)12-6-16)22-28-20-13-7-17(8-14-20)23(24)25/h3-14H,1-2H3. The van der Waals surface area contributed by atoms with Gasteiger partial charge in [0.25, 0.3) is 5.69 Å². The van der Waals surface area contributed by atoms with Crippen molar-refractivity contribution in [1.29, 1.82) is 0 Å². The van der Waals surface area contributed by atoms with Gasteiger partial charge in [-0.2, -0.15) is 0 Å². The number of ether oxygens (including phenoxy) is 2. The lowest BCUT2D eigenvalue weighted by atomic mass is 10.0. The fourth-order valence-electron chi connectivity index (χ4n) is 2.50. The molecule has 0 unspecified atom stereocenters. The Bertz CT molecular complexity index is 919. The van der Waals surface area contributed by atoms with E-state index in [-0.39, 0.29) is 5.69 Å². The van der Waals surface area contributed by atoms with Crippen molar-refractivity contribution in [2.75, 3.05) is 14.2 Å². The first-order valence-corrected chi connectivity index (χ1v) is 9.16. The second kappa shape index (κ2) is 9.05. The van der Waals surface area contributed by atoms with Gasteiger partial charge in [-0.15, -0.1) is 0 Å². The molecule has 28 heavy (non-hydrogen) atoms. The third kappa shape index (κ3) is 4.69. The van der Waals surface area contributed by atoms with Crippen molar-refractivity contribution in [2.24, 2.45) is 4.40 Å². The summed E-state index contributed by atoms with van der Waals surface area (Å²) in [5.41, 5.74) is 2.70. The number of methoxy groups -OCH3 is 2. The molecule has 3 aromatic rings. The van der Waals surface area contributed by atoms with Crippen LogP contribution in [-0.4, -0.2) is 24.9 Å². The first-order valence-electron chi connectivity index (χ1n) is 8.39. The van der Waals surface area contributed by atoms with E-state index in [1.54, 1.807) is 26.4 Å². The average Bonchev–Trinajstić information content (AvgIpc) is 2.75. The van der Waals surface area contributed by atoms with Crippen LogP contribution in [0, 0.1) is 10.1 Å². The lowest BCUT2D eigenvalue weighted by molar-refractivity contribution is -0.384. The molecule has 0 heterocycles. The monoisotopic (exact) mass is 394 g/mol. The van der Waals surface area contributed by atoms with Crippen LogP contribution in [0.3, 0.4) is 0 Å². The van der Waals surface area contributed by atoms with E-state index in [9.17, 15) is 10.1 Å². The first-order chi connectivity index (χ1) is 13.6. The van der Waals surface area contributed by atoms with Crippen molar-refractivity contribution in [1.82, 2.24) is 0 Å². The normalized spacial score (nSPS) is 10.2. The van der Waals surface area contributed by atoms with E-state index >= 15 is 0 Å². The van der Waals surface area contributed by atoms with Crippen LogP contribution in [0.2, 0.25) is 0 Å². The van der Waals surface area contributed by atoms with Crippen molar-refractivity contribution in [3.05, 3.63) is 94.0 Å². The zero-order valence-corrected chi connectivity index (χ0v) is 16.2. The molecule has 0 atom stereocenters. The van der Waals surface area contributed by atoms with Gasteiger partial charge in [-0.1, -0.05) is 0 Å². The summed E-state index contributed by atoms with van der Waals surface area (Å²) in [6.07, 6.45) is 0. The summed E-state index contributed by atoms with van der Waals surface area (Å²) in [7, 11) is 3.25. The Kier molecular flexibility index (Phi) is 6.29. The highest BCUT2D eigenvalue weighted by Crippen LogP contribution is 2.26. The molecule has 0 saturated heterocycles. The van der Waals surface area contributed by atoms with E-state index < -0.39 is 4.92 Å². The fraction of sp³-hybridized carbons (Fsp3) is 0.0952. The Morgan fingerprint density at radius 1 is 0.821 bits per heavy atom. The third-order valence-electron chi connectivity index (χ3n) is 4.02. The second-order valence-electron chi connectivity index (χ2n) is 5.74. The molecule has 0 saturated carbocycles. The minimum absolute atomic E-state index is 0.0545. The number of benzene rings is 3.